The van der Waals surface area contributed by atoms with E-state index in [1.54, 1.807) is 23.9 Å². The molecule has 0 saturated carbocycles. The summed E-state index contributed by atoms with van der Waals surface area (Å²) >= 11 is 1.55. The summed E-state index contributed by atoms with van der Waals surface area (Å²) in [6.07, 6.45) is 3.03. The first-order chi connectivity index (χ1) is 11.7. The Morgan fingerprint density at radius 3 is 3.08 bits per heavy atom. The van der Waals surface area contributed by atoms with Gasteiger partial charge in [0.2, 0.25) is 0 Å². The first-order valence-electron chi connectivity index (χ1n) is 8.58. The van der Waals surface area contributed by atoms with E-state index in [1.807, 2.05) is 6.07 Å². The van der Waals surface area contributed by atoms with E-state index in [0.29, 0.717) is 23.9 Å². The third-order valence-electron chi connectivity index (χ3n) is 4.79. The quantitative estimate of drug-likeness (QED) is 0.798. The van der Waals surface area contributed by atoms with Gasteiger partial charge in [-0.05, 0) is 18.9 Å². The van der Waals surface area contributed by atoms with E-state index in [-0.39, 0.29) is 17.8 Å². The monoisotopic (exact) mass is 352 g/mol. The number of hydrogen-bond acceptors (Lipinski definition) is 5. The van der Waals surface area contributed by atoms with Crippen molar-refractivity contribution in [3.8, 4) is 0 Å². The van der Waals surface area contributed by atoms with Crippen LogP contribution < -0.4 is 5.73 Å². The summed E-state index contributed by atoms with van der Waals surface area (Å²) in [4.78, 5) is 4.66. The minimum atomic E-state index is -0.708. The molecule has 0 unspecified atom stereocenters. The fraction of sp³-hybridized carbons (Fsp3) is 0.611. The molecular weight excluding hydrogens is 327 g/mol. The van der Waals surface area contributed by atoms with Crippen molar-refractivity contribution >= 4 is 16.9 Å². The van der Waals surface area contributed by atoms with Gasteiger partial charge in [0.15, 0.2) is 5.17 Å². The first kappa shape index (κ1) is 17.7. The van der Waals surface area contributed by atoms with Crippen LogP contribution in [0.1, 0.15) is 31.7 Å². The summed E-state index contributed by atoms with van der Waals surface area (Å²) in [7, 11) is 0. The smallest absolute Gasteiger partial charge is 0.154 e. The van der Waals surface area contributed by atoms with Crippen molar-refractivity contribution in [2.24, 2.45) is 16.6 Å². The highest BCUT2D eigenvalue weighted by Gasteiger charge is 2.49. The molecule has 2 aliphatic heterocycles. The minimum Gasteiger partial charge on any atom is -0.379 e. The van der Waals surface area contributed by atoms with E-state index in [1.165, 1.54) is 6.07 Å². The summed E-state index contributed by atoms with van der Waals surface area (Å²) in [5.74, 6) is 0.783. The molecule has 4 nitrogen and oxygen atoms in total. The number of benzene rings is 1. The largest absolute Gasteiger partial charge is 0.379 e. The number of thioether (sulfide) groups is 1. The molecule has 3 atom stereocenters. The maximum Gasteiger partial charge on any atom is 0.154 e. The van der Waals surface area contributed by atoms with Crippen molar-refractivity contribution < 1.29 is 13.9 Å². The first-order valence-corrected chi connectivity index (χ1v) is 9.56. The molecule has 2 aliphatic rings. The summed E-state index contributed by atoms with van der Waals surface area (Å²) in [6, 6.07) is 6.83. The molecule has 0 aliphatic carbocycles. The zero-order valence-corrected chi connectivity index (χ0v) is 14.9. The van der Waals surface area contributed by atoms with Gasteiger partial charge in [0.05, 0.1) is 19.3 Å². The van der Waals surface area contributed by atoms with Gasteiger partial charge < -0.3 is 15.2 Å². The van der Waals surface area contributed by atoms with Crippen LogP contribution in [0, 0.1) is 11.7 Å². The summed E-state index contributed by atoms with van der Waals surface area (Å²) in [6.45, 7) is 3.85. The lowest BCUT2D eigenvalue weighted by Gasteiger charge is -2.46. The van der Waals surface area contributed by atoms with Gasteiger partial charge in [-0.3, -0.25) is 0 Å². The topological polar surface area (TPSA) is 56.8 Å². The summed E-state index contributed by atoms with van der Waals surface area (Å²) in [5.41, 5.74) is 5.85. The van der Waals surface area contributed by atoms with Crippen molar-refractivity contribution in [1.82, 2.24) is 0 Å². The number of halogens is 1. The molecular formula is C18H25FN2O2S. The Kier molecular flexibility index (Phi) is 5.79. The van der Waals surface area contributed by atoms with Crippen LogP contribution in [-0.2, 0) is 15.0 Å². The average Bonchev–Trinajstić information content (AvgIpc) is 2.59. The second kappa shape index (κ2) is 7.85. The molecule has 132 valence electrons. The number of fused-ring (bicyclic) bond motifs is 1. The maximum absolute atomic E-state index is 14.5. The van der Waals surface area contributed by atoms with Crippen LogP contribution in [0.2, 0.25) is 0 Å². The molecule has 3 rings (SSSR count). The van der Waals surface area contributed by atoms with Crippen LogP contribution in [0.4, 0.5) is 4.39 Å². The van der Waals surface area contributed by atoms with E-state index < -0.39 is 5.54 Å². The maximum atomic E-state index is 14.5. The van der Waals surface area contributed by atoms with Gasteiger partial charge in [0, 0.05) is 23.8 Å². The lowest BCUT2D eigenvalue weighted by Crippen LogP contribution is -2.51. The Labute approximate surface area is 147 Å². The molecule has 0 aromatic heterocycles. The molecule has 0 bridgehead atoms. The van der Waals surface area contributed by atoms with Crippen LogP contribution in [0.25, 0.3) is 0 Å². The summed E-state index contributed by atoms with van der Waals surface area (Å²) < 4.78 is 26.2. The number of amidine groups is 1. The third-order valence-corrected chi connectivity index (χ3v) is 5.75. The van der Waals surface area contributed by atoms with Gasteiger partial charge in [0.25, 0.3) is 0 Å². The predicted octanol–water partition coefficient (Wildman–Crippen LogP) is 3.30. The molecule has 1 fully saturated rings. The Bertz CT molecular complexity index is 598. The molecule has 2 heterocycles. The van der Waals surface area contributed by atoms with Crippen molar-refractivity contribution in [1.29, 1.82) is 0 Å². The van der Waals surface area contributed by atoms with Gasteiger partial charge in [-0.15, -0.1) is 0 Å². The van der Waals surface area contributed by atoms with Gasteiger partial charge in [-0.25, -0.2) is 9.38 Å². The van der Waals surface area contributed by atoms with E-state index >= 15 is 0 Å². The van der Waals surface area contributed by atoms with Crippen molar-refractivity contribution in [3.63, 3.8) is 0 Å². The van der Waals surface area contributed by atoms with E-state index in [2.05, 4.69) is 11.9 Å². The van der Waals surface area contributed by atoms with Crippen molar-refractivity contribution in [2.45, 2.75) is 37.8 Å². The van der Waals surface area contributed by atoms with Crippen LogP contribution >= 0.6 is 11.8 Å². The lowest BCUT2D eigenvalue weighted by molar-refractivity contribution is -0.0903. The van der Waals surface area contributed by atoms with Gasteiger partial charge >= 0.3 is 0 Å². The molecule has 6 heteroatoms. The molecule has 0 amide bonds. The SMILES string of the molecule is CCCCOC[C@H]1C[C@H]2CSC(N)=N[C@@]2(c2ccccc2F)CO1. The molecule has 0 spiro atoms. The summed E-state index contributed by atoms with van der Waals surface area (Å²) in [5, 5.41) is 0.510. The minimum absolute atomic E-state index is 0.0434. The number of nitrogens with zero attached hydrogens (tertiary/aromatic N) is 1. The standard InChI is InChI=1S/C18H25FN2O2S/c1-2-3-8-22-10-14-9-13-11-24-17(20)21-18(13,12-23-14)15-6-4-5-7-16(15)19/h4-7,13-14H,2-3,8-12H2,1H3,(H2,20,21)/t13-,14+,18-/m0/s1. The van der Waals surface area contributed by atoms with Gasteiger partial charge in [-0.1, -0.05) is 43.3 Å². The normalized spacial score (nSPS) is 29.8. The lowest BCUT2D eigenvalue weighted by atomic mass is 9.75. The number of unbranched alkanes of at least 4 members (excludes halogenated alkanes) is 1. The second-order valence-electron chi connectivity index (χ2n) is 6.46. The second-order valence-corrected chi connectivity index (χ2v) is 7.50. The van der Waals surface area contributed by atoms with Gasteiger partial charge in [-0.2, -0.15) is 0 Å². The number of aliphatic imine (C=N–C) groups is 1. The highest BCUT2D eigenvalue weighted by molar-refractivity contribution is 8.13. The van der Waals surface area contributed by atoms with Gasteiger partial charge in [0.1, 0.15) is 11.4 Å². The number of hydrogen-bond donors (Lipinski definition) is 1. The van der Waals surface area contributed by atoms with Crippen molar-refractivity contribution in [3.05, 3.63) is 35.6 Å². The molecule has 0 radical (unpaired) electrons. The highest BCUT2D eigenvalue weighted by Crippen LogP contribution is 2.46. The molecule has 2 N–H and O–H groups in total. The molecule has 1 aromatic rings. The van der Waals surface area contributed by atoms with Crippen LogP contribution in [0.5, 0.6) is 0 Å². The Hall–Kier alpha value is -1.11. The zero-order chi connectivity index (χ0) is 17.0. The number of rotatable bonds is 6. The fourth-order valence-electron chi connectivity index (χ4n) is 3.43. The highest BCUT2D eigenvalue weighted by atomic mass is 32.2. The predicted molar refractivity (Wildman–Crippen MR) is 95.7 cm³/mol. The zero-order valence-electron chi connectivity index (χ0n) is 14.0. The Balaban J connectivity index is 1.77. The molecule has 24 heavy (non-hydrogen) atoms. The van der Waals surface area contributed by atoms with E-state index in [0.717, 1.165) is 31.6 Å². The average molecular weight is 352 g/mol. The Morgan fingerprint density at radius 1 is 1.46 bits per heavy atom. The molecule has 1 saturated heterocycles. The van der Waals surface area contributed by atoms with Crippen LogP contribution in [0.15, 0.2) is 29.3 Å². The number of ether oxygens (including phenoxy) is 2. The van der Waals surface area contributed by atoms with E-state index in [4.69, 9.17) is 15.2 Å². The van der Waals surface area contributed by atoms with Crippen LogP contribution in [-0.4, -0.2) is 36.8 Å². The number of nitrogens with two attached hydrogens (primary N) is 1. The third kappa shape index (κ3) is 3.60. The Morgan fingerprint density at radius 2 is 2.29 bits per heavy atom. The van der Waals surface area contributed by atoms with Crippen LogP contribution in [0.3, 0.4) is 0 Å². The van der Waals surface area contributed by atoms with E-state index in [9.17, 15) is 4.39 Å². The molecule has 1 aromatic carbocycles. The fourth-order valence-corrected chi connectivity index (χ4v) is 4.45. The van der Waals surface area contributed by atoms with Crippen molar-refractivity contribution in [2.75, 3.05) is 25.6 Å².